The molecule has 1 fully saturated rings. The number of hydrogen-bond donors (Lipinski definition) is 5. The number of nitrogens with zero attached hydrogens (tertiary/aromatic N) is 1. The molecule has 0 aliphatic carbocycles. The summed E-state index contributed by atoms with van der Waals surface area (Å²) in [6.07, 6.45) is 3.80. The molecule has 3 amide bonds. The average Bonchev–Trinajstić information content (AvgIpc) is 3.17. The summed E-state index contributed by atoms with van der Waals surface area (Å²) in [6.45, 7) is 4.39. The summed E-state index contributed by atoms with van der Waals surface area (Å²) in [6, 6.07) is -3.41. The van der Waals surface area contributed by atoms with Gasteiger partial charge in [0.05, 0.1) is 6.04 Å². The summed E-state index contributed by atoms with van der Waals surface area (Å²) in [4.78, 5) is 50.8. The van der Waals surface area contributed by atoms with E-state index in [9.17, 15) is 24.3 Å². The van der Waals surface area contributed by atoms with Crippen LogP contribution in [0.5, 0.6) is 0 Å². The second-order valence-electron chi connectivity index (χ2n) is 7.85. The molecule has 172 valence electrons. The van der Waals surface area contributed by atoms with Gasteiger partial charge in [-0.15, -0.1) is 0 Å². The van der Waals surface area contributed by atoms with Crippen LogP contribution in [0.15, 0.2) is 0 Å². The van der Waals surface area contributed by atoms with E-state index in [1.54, 1.807) is 0 Å². The van der Waals surface area contributed by atoms with Crippen LogP contribution in [0.3, 0.4) is 0 Å². The molecule has 0 aromatic carbocycles. The second kappa shape index (κ2) is 13.1. The van der Waals surface area contributed by atoms with Gasteiger partial charge in [0, 0.05) is 12.3 Å². The number of carboxylic acid groups (broad SMARTS) is 1. The Bertz CT molecular complexity index is 620. The van der Waals surface area contributed by atoms with Crippen molar-refractivity contribution < 1.29 is 24.3 Å². The largest absolute Gasteiger partial charge is 0.480 e. The number of carbonyl (C=O) groups is 4. The first kappa shape index (κ1) is 26.6. The molecule has 0 bridgehead atoms. The molecule has 5 N–H and O–H groups in total. The highest BCUT2D eigenvalue weighted by Crippen LogP contribution is 2.20. The van der Waals surface area contributed by atoms with E-state index >= 15 is 0 Å². The van der Waals surface area contributed by atoms with Crippen LogP contribution in [0, 0.1) is 5.92 Å². The molecule has 30 heavy (non-hydrogen) atoms. The molecule has 1 saturated heterocycles. The van der Waals surface area contributed by atoms with Crippen molar-refractivity contribution in [3.8, 4) is 0 Å². The average molecular weight is 463 g/mol. The number of likely N-dealkylation sites (tertiary alicyclic amines) is 1. The van der Waals surface area contributed by atoms with Crippen LogP contribution in [0.2, 0.25) is 0 Å². The molecule has 1 rings (SSSR count). The van der Waals surface area contributed by atoms with Crippen molar-refractivity contribution in [2.24, 2.45) is 11.7 Å². The van der Waals surface area contributed by atoms with E-state index < -0.39 is 42.0 Å². The summed E-state index contributed by atoms with van der Waals surface area (Å²) in [7, 11) is 0. The van der Waals surface area contributed by atoms with E-state index in [1.165, 1.54) is 16.7 Å². The van der Waals surface area contributed by atoms with E-state index in [1.807, 2.05) is 20.1 Å². The minimum atomic E-state index is -1.13. The van der Waals surface area contributed by atoms with Crippen LogP contribution >= 0.6 is 24.4 Å². The molecule has 1 aliphatic heterocycles. The molecule has 4 unspecified atom stereocenters. The summed E-state index contributed by atoms with van der Waals surface area (Å²) in [5.74, 6) is -1.64. The smallest absolute Gasteiger partial charge is 0.326 e. The molecular weight excluding hydrogens is 428 g/mol. The predicted octanol–water partition coefficient (Wildman–Crippen LogP) is 0.0879. The van der Waals surface area contributed by atoms with Gasteiger partial charge < -0.3 is 26.4 Å². The minimum absolute atomic E-state index is 0.0000299. The number of amides is 3. The van der Waals surface area contributed by atoms with Crippen molar-refractivity contribution in [2.45, 2.75) is 63.7 Å². The van der Waals surface area contributed by atoms with Crippen LogP contribution in [0.4, 0.5) is 0 Å². The second-order valence-corrected chi connectivity index (χ2v) is 9.20. The van der Waals surface area contributed by atoms with E-state index in [0.717, 1.165) is 0 Å². The third-order valence-corrected chi connectivity index (χ3v) is 5.93. The lowest BCUT2D eigenvalue weighted by Crippen LogP contribution is -2.57. The van der Waals surface area contributed by atoms with Crippen molar-refractivity contribution >= 4 is 48.1 Å². The molecule has 0 radical (unpaired) electrons. The Balaban J connectivity index is 2.75. The van der Waals surface area contributed by atoms with Crippen molar-refractivity contribution in [1.82, 2.24) is 15.5 Å². The number of nitrogens with one attached hydrogen (secondary N) is 2. The third-order valence-electron chi connectivity index (χ3n) is 4.92. The third kappa shape index (κ3) is 7.99. The number of rotatable bonds is 12. The Morgan fingerprint density at radius 1 is 1.23 bits per heavy atom. The first-order valence-electron chi connectivity index (χ1n) is 10.1. The lowest BCUT2D eigenvalue weighted by atomic mass is 10.0. The molecule has 11 heteroatoms. The number of nitrogens with two attached hydrogens (primary N) is 1. The zero-order valence-corrected chi connectivity index (χ0v) is 19.5. The van der Waals surface area contributed by atoms with E-state index in [-0.39, 0.29) is 24.0 Å². The Kier molecular flexibility index (Phi) is 11.6. The fourth-order valence-corrected chi connectivity index (χ4v) is 4.08. The van der Waals surface area contributed by atoms with Crippen LogP contribution in [0.25, 0.3) is 0 Å². The quantitative estimate of drug-likeness (QED) is 0.259. The van der Waals surface area contributed by atoms with Crippen molar-refractivity contribution in [1.29, 1.82) is 0 Å². The number of carbonyl (C=O) groups excluding carboxylic acids is 3. The maximum Gasteiger partial charge on any atom is 0.326 e. The highest BCUT2D eigenvalue weighted by atomic mass is 32.2. The van der Waals surface area contributed by atoms with E-state index in [0.29, 0.717) is 31.6 Å². The number of carboxylic acids is 1. The molecule has 0 spiro atoms. The van der Waals surface area contributed by atoms with Gasteiger partial charge >= 0.3 is 5.97 Å². The lowest BCUT2D eigenvalue weighted by Gasteiger charge is -2.28. The number of aliphatic carboxylic acids is 1. The minimum Gasteiger partial charge on any atom is -0.480 e. The number of thiol groups is 1. The SMILES string of the molecule is CSCCC(NC(=O)C(CS)NC(=O)C1CCCN1C(=O)C(N)CC(C)C)C(=O)O. The van der Waals surface area contributed by atoms with Gasteiger partial charge in [-0.25, -0.2) is 4.79 Å². The highest BCUT2D eigenvalue weighted by Gasteiger charge is 2.37. The van der Waals surface area contributed by atoms with Crippen molar-refractivity contribution in [3.05, 3.63) is 0 Å². The van der Waals surface area contributed by atoms with Gasteiger partial charge in [0.25, 0.3) is 0 Å². The fourth-order valence-electron chi connectivity index (χ4n) is 3.35. The van der Waals surface area contributed by atoms with Crippen LogP contribution in [-0.4, -0.2) is 82.2 Å². The Morgan fingerprint density at radius 2 is 1.90 bits per heavy atom. The van der Waals surface area contributed by atoms with Gasteiger partial charge in [-0.05, 0) is 43.6 Å². The first-order chi connectivity index (χ1) is 14.1. The van der Waals surface area contributed by atoms with Crippen molar-refractivity contribution in [3.63, 3.8) is 0 Å². The van der Waals surface area contributed by atoms with Gasteiger partial charge in [0.15, 0.2) is 0 Å². The lowest BCUT2D eigenvalue weighted by molar-refractivity contribution is -0.143. The van der Waals surface area contributed by atoms with Crippen LogP contribution < -0.4 is 16.4 Å². The molecule has 4 atom stereocenters. The number of thioether (sulfide) groups is 1. The maximum absolute atomic E-state index is 12.8. The molecule has 9 nitrogen and oxygen atoms in total. The summed E-state index contributed by atoms with van der Waals surface area (Å²) >= 11 is 5.60. The standard InChI is InChI=1S/C19H34N4O5S2/c1-11(2)9-12(20)18(26)23-7-4-5-15(23)17(25)22-14(10-29)16(24)21-13(19(27)28)6-8-30-3/h11-15,29H,4-10,20H2,1-3H3,(H,21,24)(H,22,25)(H,27,28). The van der Waals surface area contributed by atoms with Gasteiger partial charge in [0.1, 0.15) is 18.1 Å². The normalized spacial score (nSPS) is 19.3. The van der Waals surface area contributed by atoms with Gasteiger partial charge in [-0.3, -0.25) is 14.4 Å². The Hall–Kier alpha value is -1.46. The molecular formula is C19H34N4O5S2. The molecule has 0 saturated carbocycles. The Morgan fingerprint density at radius 3 is 2.43 bits per heavy atom. The fraction of sp³-hybridized carbons (Fsp3) is 0.789. The summed E-state index contributed by atoms with van der Waals surface area (Å²) in [5, 5.41) is 14.4. The van der Waals surface area contributed by atoms with Gasteiger partial charge in [-0.1, -0.05) is 13.8 Å². The predicted molar refractivity (Wildman–Crippen MR) is 121 cm³/mol. The molecule has 0 aromatic rings. The number of hydrogen-bond acceptors (Lipinski definition) is 7. The first-order valence-corrected chi connectivity index (χ1v) is 12.1. The molecule has 0 aromatic heterocycles. The van der Waals surface area contributed by atoms with E-state index in [4.69, 9.17) is 5.73 Å². The van der Waals surface area contributed by atoms with Crippen LogP contribution in [0.1, 0.15) is 39.5 Å². The topological polar surface area (TPSA) is 142 Å². The van der Waals surface area contributed by atoms with Crippen molar-refractivity contribution in [2.75, 3.05) is 24.3 Å². The highest BCUT2D eigenvalue weighted by molar-refractivity contribution is 7.98. The summed E-state index contributed by atoms with van der Waals surface area (Å²) < 4.78 is 0. The van der Waals surface area contributed by atoms with E-state index in [2.05, 4.69) is 23.3 Å². The monoisotopic (exact) mass is 462 g/mol. The van der Waals surface area contributed by atoms with Gasteiger partial charge in [-0.2, -0.15) is 24.4 Å². The van der Waals surface area contributed by atoms with Gasteiger partial charge in [0.2, 0.25) is 17.7 Å². The summed E-state index contributed by atoms with van der Waals surface area (Å²) in [5.41, 5.74) is 6.00. The zero-order valence-electron chi connectivity index (χ0n) is 17.8. The van der Waals surface area contributed by atoms with Crippen LogP contribution in [-0.2, 0) is 19.2 Å². The Labute approximate surface area is 187 Å². The maximum atomic E-state index is 12.8. The molecule has 1 aliphatic rings. The zero-order chi connectivity index (χ0) is 22.8. The molecule has 1 heterocycles.